The van der Waals surface area contributed by atoms with Gasteiger partial charge in [0, 0.05) is 12.6 Å². The van der Waals surface area contributed by atoms with Crippen molar-refractivity contribution in [2.75, 3.05) is 13.6 Å². The second-order valence-corrected chi connectivity index (χ2v) is 4.27. The van der Waals surface area contributed by atoms with Gasteiger partial charge < -0.3 is 14.4 Å². The van der Waals surface area contributed by atoms with Crippen molar-refractivity contribution in [2.45, 2.75) is 0 Å². The van der Waals surface area contributed by atoms with Gasteiger partial charge in [-0.1, -0.05) is 0 Å². The zero-order valence-electron chi connectivity index (χ0n) is 11.1. The Morgan fingerprint density at radius 3 is 2.62 bits per heavy atom. The summed E-state index contributed by atoms with van der Waals surface area (Å²) in [7, 11) is 1.37. The number of amides is 1. The van der Waals surface area contributed by atoms with E-state index in [0.717, 1.165) is 11.3 Å². The minimum absolute atomic E-state index is 0.0310. The Bertz CT molecular complexity index is 713. The first-order chi connectivity index (χ1) is 10.0. The second-order valence-electron chi connectivity index (χ2n) is 4.27. The Morgan fingerprint density at radius 2 is 2.05 bits per heavy atom. The molecule has 106 valence electrons. The third kappa shape index (κ3) is 3.06. The van der Waals surface area contributed by atoms with Gasteiger partial charge in [-0.2, -0.15) is 5.26 Å². The SMILES string of the molecule is CN(CC(=O)O)C(=O)c1ncoc1-c1ccc(C#N)cc1. The van der Waals surface area contributed by atoms with Gasteiger partial charge in [0.05, 0.1) is 11.6 Å². The predicted octanol–water partition coefficient (Wildman–Crippen LogP) is 1.37. The number of nitriles is 1. The van der Waals surface area contributed by atoms with Crippen LogP contribution in [0.3, 0.4) is 0 Å². The molecule has 0 aliphatic carbocycles. The molecule has 0 aliphatic rings. The number of benzene rings is 1. The molecular formula is C14H11N3O4. The molecule has 0 unspecified atom stereocenters. The molecule has 0 aliphatic heterocycles. The number of carboxylic acid groups (broad SMARTS) is 1. The Hall–Kier alpha value is -3.14. The van der Waals surface area contributed by atoms with Crippen LogP contribution < -0.4 is 0 Å². The van der Waals surface area contributed by atoms with Crippen LogP contribution in [0.5, 0.6) is 0 Å². The van der Waals surface area contributed by atoms with E-state index in [4.69, 9.17) is 14.8 Å². The van der Waals surface area contributed by atoms with Gasteiger partial charge in [0.15, 0.2) is 17.8 Å². The van der Waals surface area contributed by atoms with E-state index in [1.165, 1.54) is 7.05 Å². The normalized spacial score (nSPS) is 9.90. The number of hydrogen-bond acceptors (Lipinski definition) is 5. The number of nitrogens with zero attached hydrogens (tertiary/aromatic N) is 3. The lowest BCUT2D eigenvalue weighted by Crippen LogP contribution is -2.32. The Morgan fingerprint density at radius 1 is 1.38 bits per heavy atom. The highest BCUT2D eigenvalue weighted by Crippen LogP contribution is 2.24. The number of likely N-dealkylation sites (N-methyl/N-ethyl adjacent to an activating group) is 1. The van der Waals surface area contributed by atoms with E-state index in [1.54, 1.807) is 24.3 Å². The molecule has 1 amide bonds. The first-order valence-electron chi connectivity index (χ1n) is 5.94. The number of aliphatic carboxylic acids is 1. The molecule has 1 heterocycles. The highest BCUT2D eigenvalue weighted by molar-refractivity contribution is 5.98. The van der Waals surface area contributed by atoms with Gasteiger partial charge in [-0.05, 0) is 24.3 Å². The van der Waals surface area contributed by atoms with Gasteiger partial charge >= 0.3 is 5.97 Å². The summed E-state index contributed by atoms with van der Waals surface area (Å²) in [4.78, 5) is 27.7. The smallest absolute Gasteiger partial charge is 0.323 e. The van der Waals surface area contributed by atoms with Gasteiger partial charge in [0.2, 0.25) is 0 Å². The van der Waals surface area contributed by atoms with Crippen molar-refractivity contribution in [1.82, 2.24) is 9.88 Å². The Labute approximate surface area is 120 Å². The molecule has 0 atom stereocenters. The molecule has 2 aromatic rings. The van der Waals surface area contributed by atoms with Crippen molar-refractivity contribution in [1.29, 1.82) is 5.26 Å². The van der Waals surface area contributed by atoms with Gasteiger partial charge in [0.1, 0.15) is 6.54 Å². The molecule has 0 fully saturated rings. The van der Waals surface area contributed by atoms with Crippen molar-refractivity contribution in [2.24, 2.45) is 0 Å². The monoisotopic (exact) mass is 285 g/mol. The lowest BCUT2D eigenvalue weighted by Gasteiger charge is -2.13. The molecule has 1 aromatic carbocycles. The van der Waals surface area contributed by atoms with E-state index in [-0.39, 0.29) is 11.5 Å². The molecule has 0 bridgehead atoms. The van der Waals surface area contributed by atoms with Crippen molar-refractivity contribution in [3.05, 3.63) is 41.9 Å². The molecule has 0 radical (unpaired) electrons. The van der Waals surface area contributed by atoms with E-state index in [0.29, 0.717) is 11.1 Å². The standard InChI is InChI=1S/C14H11N3O4/c1-17(7-11(18)19)14(20)12-13(21-8-16-12)10-4-2-9(6-15)3-5-10/h2-5,8H,7H2,1H3,(H,18,19). The largest absolute Gasteiger partial charge is 0.480 e. The van der Waals surface area contributed by atoms with Gasteiger partial charge in [0.25, 0.3) is 5.91 Å². The van der Waals surface area contributed by atoms with E-state index < -0.39 is 18.4 Å². The van der Waals surface area contributed by atoms with Crippen LogP contribution in [0.15, 0.2) is 35.1 Å². The molecule has 1 N–H and O–H groups in total. The highest BCUT2D eigenvalue weighted by Gasteiger charge is 2.22. The summed E-state index contributed by atoms with van der Waals surface area (Å²) >= 11 is 0. The van der Waals surface area contributed by atoms with Crippen LogP contribution in [0.4, 0.5) is 0 Å². The van der Waals surface area contributed by atoms with Gasteiger partial charge in [-0.15, -0.1) is 0 Å². The van der Waals surface area contributed by atoms with E-state index >= 15 is 0 Å². The van der Waals surface area contributed by atoms with Crippen molar-refractivity contribution in [3.63, 3.8) is 0 Å². The van der Waals surface area contributed by atoms with E-state index in [1.807, 2.05) is 6.07 Å². The zero-order chi connectivity index (χ0) is 15.4. The van der Waals surface area contributed by atoms with Crippen LogP contribution >= 0.6 is 0 Å². The molecule has 2 rings (SSSR count). The van der Waals surface area contributed by atoms with Crippen molar-refractivity contribution >= 4 is 11.9 Å². The first-order valence-corrected chi connectivity index (χ1v) is 5.94. The number of aromatic nitrogens is 1. The van der Waals surface area contributed by atoms with Crippen LogP contribution in [0.2, 0.25) is 0 Å². The maximum Gasteiger partial charge on any atom is 0.323 e. The summed E-state index contributed by atoms with van der Waals surface area (Å²) in [6.07, 6.45) is 1.12. The average molecular weight is 285 g/mol. The fraction of sp³-hybridized carbons (Fsp3) is 0.143. The van der Waals surface area contributed by atoms with Crippen LogP contribution in [0.25, 0.3) is 11.3 Å². The van der Waals surface area contributed by atoms with Gasteiger partial charge in [-0.3, -0.25) is 9.59 Å². The zero-order valence-corrected chi connectivity index (χ0v) is 11.1. The number of carbonyl (C=O) groups excluding carboxylic acids is 1. The van der Waals surface area contributed by atoms with Crippen molar-refractivity contribution < 1.29 is 19.1 Å². The molecule has 21 heavy (non-hydrogen) atoms. The van der Waals surface area contributed by atoms with Crippen LogP contribution in [-0.2, 0) is 4.79 Å². The summed E-state index contributed by atoms with van der Waals surface area (Å²) in [5.74, 6) is -1.43. The lowest BCUT2D eigenvalue weighted by molar-refractivity contribution is -0.137. The highest BCUT2D eigenvalue weighted by atomic mass is 16.4. The lowest BCUT2D eigenvalue weighted by atomic mass is 10.1. The molecule has 1 aromatic heterocycles. The summed E-state index contributed by atoms with van der Waals surface area (Å²) in [6.45, 7) is -0.432. The number of oxazole rings is 1. The Kier molecular flexibility index (Phi) is 4.00. The number of carbonyl (C=O) groups is 2. The number of carboxylic acids is 1. The predicted molar refractivity (Wildman–Crippen MR) is 71.3 cm³/mol. The van der Waals surface area contributed by atoms with Gasteiger partial charge in [-0.25, -0.2) is 4.98 Å². The second kappa shape index (κ2) is 5.88. The van der Waals surface area contributed by atoms with E-state index in [2.05, 4.69) is 4.98 Å². The van der Waals surface area contributed by atoms with E-state index in [9.17, 15) is 9.59 Å². The third-order valence-electron chi connectivity index (χ3n) is 2.77. The van der Waals surface area contributed by atoms with Crippen LogP contribution in [0, 0.1) is 11.3 Å². The Balaban J connectivity index is 2.31. The average Bonchev–Trinajstić information content (AvgIpc) is 2.95. The molecule has 0 saturated heterocycles. The minimum atomic E-state index is -1.12. The molecule has 7 nitrogen and oxygen atoms in total. The molecule has 7 heteroatoms. The first kappa shape index (κ1) is 14.3. The van der Waals surface area contributed by atoms with Crippen LogP contribution in [0.1, 0.15) is 16.1 Å². The summed E-state index contributed by atoms with van der Waals surface area (Å²) < 4.78 is 5.21. The van der Waals surface area contributed by atoms with Crippen molar-refractivity contribution in [3.8, 4) is 17.4 Å². The quantitative estimate of drug-likeness (QED) is 0.909. The minimum Gasteiger partial charge on any atom is -0.480 e. The third-order valence-corrected chi connectivity index (χ3v) is 2.77. The topological polar surface area (TPSA) is 107 Å². The fourth-order valence-electron chi connectivity index (χ4n) is 1.75. The molecule has 0 spiro atoms. The maximum atomic E-state index is 12.1. The molecular weight excluding hydrogens is 274 g/mol. The molecule has 0 saturated carbocycles. The number of rotatable bonds is 4. The maximum absolute atomic E-state index is 12.1. The fourth-order valence-corrected chi connectivity index (χ4v) is 1.75. The summed E-state index contributed by atoms with van der Waals surface area (Å²) in [6, 6.07) is 8.43. The summed E-state index contributed by atoms with van der Waals surface area (Å²) in [5.41, 5.74) is 1.09. The number of hydrogen-bond donors (Lipinski definition) is 1. The van der Waals surface area contributed by atoms with Crippen LogP contribution in [-0.4, -0.2) is 40.5 Å². The summed E-state index contributed by atoms with van der Waals surface area (Å²) in [5, 5.41) is 17.5.